The van der Waals surface area contributed by atoms with Crippen molar-refractivity contribution in [3.8, 4) is 0 Å². The number of anilines is 1. The van der Waals surface area contributed by atoms with Crippen molar-refractivity contribution in [3.05, 3.63) is 12.5 Å². The Morgan fingerprint density at radius 2 is 1.94 bits per heavy atom. The largest absolute Gasteiger partial charge is 0.404 e. The van der Waals surface area contributed by atoms with E-state index < -0.39 is 12.6 Å². The third-order valence-electron chi connectivity index (χ3n) is 1.45. The van der Waals surface area contributed by atoms with Crippen LogP contribution in [0, 0.1) is 0 Å². The Hall–Kier alpha value is -1.53. The number of hydrogen-bond donors (Lipinski definition) is 1. The first-order valence-electron chi connectivity index (χ1n) is 4.72. The van der Waals surface area contributed by atoms with Crippen molar-refractivity contribution in [3.63, 3.8) is 0 Å². The van der Waals surface area contributed by atoms with Gasteiger partial charge in [0.05, 0.1) is 0 Å². The van der Waals surface area contributed by atoms with Crippen molar-refractivity contribution in [2.45, 2.75) is 32.9 Å². The Labute approximate surface area is 91.3 Å². The summed E-state index contributed by atoms with van der Waals surface area (Å²) in [6.07, 6.45) is -5.45. The minimum atomic E-state index is -4.21. The van der Waals surface area contributed by atoms with Gasteiger partial charge in [-0.3, -0.25) is 0 Å². The molecule has 0 unspecified atom stereocenters. The Morgan fingerprint density at radius 3 is 2.31 bits per heavy atom. The van der Waals surface area contributed by atoms with Crippen LogP contribution >= 0.6 is 0 Å². The van der Waals surface area contributed by atoms with E-state index in [4.69, 9.17) is 10.2 Å². The van der Waals surface area contributed by atoms with Crippen LogP contribution in [0.15, 0.2) is 11.0 Å². The molecule has 92 valence electrons. The molecule has 2 N–H and O–H groups in total. The number of rotatable bonds is 3. The SMILES string of the molecule is C=C(CCC(F)(F)F)c1nnc(N)o1.CC. The molecule has 0 aliphatic heterocycles. The zero-order chi connectivity index (χ0) is 12.8. The summed E-state index contributed by atoms with van der Waals surface area (Å²) in [4.78, 5) is 0. The van der Waals surface area contributed by atoms with E-state index in [1.54, 1.807) is 0 Å². The molecule has 0 atom stereocenters. The number of alkyl halides is 3. The maximum absolute atomic E-state index is 11.8. The normalized spacial score (nSPS) is 10.6. The quantitative estimate of drug-likeness (QED) is 0.877. The molecule has 7 heteroatoms. The van der Waals surface area contributed by atoms with Crippen LogP contribution < -0.4 is 5.73 Å². The van der Waals surface area contributed by atoms with Gasteiger partial charge in [-0.05, 0) is 6.42 Å². The highest BCUT2D eigenvalue weighted by Crippen LogP contribution is 2.26. The van der Waals surface area contributed by atoms with Crippen LogP contribution in [0.3, 0.4) is 0 Å². The van der Waals surface area contributed by atoms with Gasteiger partial charge in [-0.1, -0.05) is 25.5 Å². The molecule has 0 radical (unpaired) electrons. The first-order chi connectivity index (χ1) is 7.38. The third kappa shape index (κ3) is 5.38. The number of halogens is 3. The minimum Gasteiger partial charge on any atom is -0.404 e. The summed E-state index contributed by atoms with van der Waals surface area (Å²) in [7, 11) is 0. The summed E-state index contributed by atoms with van der Waals surface area (Å²) >= 11 is 0. The highest BCUT2D eigenvalue weighted by molar-refractivity contribution is 5.55. The highest BCUT2D eigenvalue weighted by Gasteiger charge is 2.27. The van der Waals surface area contributed by atoms with E-state index in [2.05, 4.69) is 16.8 Å². The first-order valence-corrected chi connectivity index (χ1v) is 4.72. The summed E-state index contributed by atoms with van der Waals surface area (Å²) in [5.41, 5.74) is 5.23. The molecule has 0 saturated carbocycles. The molecule has 0 aliphatic carbocycles. The maximum atomic E-state index is 11.8. The van der Waals surface area contributed by atoms with Crippen molar-refractivity contribution in [1.82, 2.24) is 10.2 Å². The Balaban J connectivity index is 0.00000106. The smallest absolute Gasteiger partial charge is 0.389 e. The van der Waals surface area contributed by atoms with E-state index in [0.29, 0.717) is 0 Å². The highest BCUT2D eigenvalue weighted by atomic mass is 19.4. The fraction of sp³-hybridized carbons (Fsp3) is 0.556. The number of allylic oxidation sites excluding steroid dienone is 1. The summed E-state index contributed by atoms with van der Waals surface area (Å²) in [5.74, 6) is -0.0493. The molecule has 4 nitrogen and oxygen atoms in total. The monoisotopic (exact) mass is 237 g/mol. The van der Waals surface area contributed by atoms with Crippen LogP contribution in [0.1, 0.15) is 32.6 Å². The van der Waals surface area contributed by atoms with Crippen molar-refractivity contribution in [2.75, 3.05) is 5.73 Å². The van der Waals surface area contributed by atoms with Gasteiger partial charge in [-0.2, -0.15) is 13.2 Å². The predicted molar refractivity (Wildman–Crippen MR) is 54.4 cm³/mol. The Kier molecular flexibility index (Phi) is 5.55. The molecule has 0 fully saturated rings. The minimum absolute atomic E-state index is 0.0493. The molecular formula is C9H14F3N3O. The van der Waals surface area contributed by atoms with E-state index in [-0.39, 0.29) is 23.9 Å². The van der Waals surface area contributed by atoms with Crippen LogP contribution in [0.2, 0.25) is 0 Å². The summed E-state index contributed by atoms with van der Waals surface area (Å²) in [5, 5.41) is 6.71. The number of aromatic nitrogens is 2. The number of nitrogens with zero attached hydrogens (tertiary/aromatic N) is 2. The summed E-state index contributed by atoms with van der Waals surface area (Å²) in [6.45, 7) is 7.39. The third-order valence-corrected chi connectivity index (χ3v) is 1.45. The standard InChI is InChI=1S/C7H8F3N3O.C2H6/c1-4(2-3-7(8,9)10)5-12-13-6(11)14-5;1-2/h1-3H2,(H2,11,13);1-2H3. The van der Waals surface area contributed by atoms with Gasteiger partial charge in [0.1, 0.15) is 0 Å². The average molecular weight is 237 g/mol. The first kappa shape index (κ1) is 14.5. The van der Waals surface area contributed by atoms with E-state index >= 15 is 0 Å². The van der Waals surface area contributed by atoms with Crippen molar-refractivity contribution in [1.29, 1.82) is 0 Å². The summed E-state index contributed by atoms with van der Waals surface area (Å²) in [6, 6.07) is -0.187. The van der Waals surface area contributed by atoms with E-state index in [1.165, 1.54) is 0 Å². The van der Waals surface area contributed by atoms with Crippen LogP contribution in [0.4, 0.5) is 19.2 Å². The fourth-order valence-corrected chi connectivity index (χ4v) is 0.777. The van der Waals surface area contributed by atoms with E-state index in [0.717, 1.165) is 0 Å². The molecule has 1 rings (SSSR count). The van der Waals surface area contributed by atoms with Crippen molar-refractivity contribution in [2.24, 2.45) is 0 Å². The fourth-order valence-electron chi connectivity index (χ4n) is 0.777. The average Bonchev–Trinajstić information content (AvgIpc) is 2.63. The van der Waals surface area contributed by atoms with Gasteiger partial charge in [-0.15, -0.1) is 5.10 Å². The van der Waals surface area contributed by atoms with Gasteiger partial charge in [0.25, 0.3) is 0 Å². The van der Waals surface area contributed by atoms with Gasteiger partial charge < -0.3 is 10.2 Å². The number of hydrogen-bond acceptors (Lipinski definition) is 4. The van der Waals surface area contributed by atoms with Crippen LogP contribution in [0.5, 0.6) is 0 Å². The Bertz CT molecular complexity index is 333. The molecular weight excluding hydrogens is 223 g/mol. The lowest BCUT2D eigenvalue weighted by Gasteiger charge is -2.04. The van der Waals surface area contributed by atoms with Crippen molar-refractivity contribution < 1.29 is 17.6 Å². The maximum Gasteiger partial charge on any atom is 0.389 e. The van der Waals surface area contributed by atoms with Crippen LogP contribution in [-0.2, 0) is 0 Å². The lowest BCUT2D eigenvalue weighted by atomic mass is 10.1. The second-order valence-electron chi connectivity index (χ2n) is 2.66. The van der Waals surface area contributed by atoms with Gasteiger partial charge in [0, 0.05) is 12.0 Å². The van der Waals surface area contributed by atoms with Crippen LogP contribution in [-0.4, -0.2) is 16.4 Å². The molecule has 0 amide bonds. The van der Waals surface area contributed by atoms with Gasteiger partial charge in [0.15, 0.2) is 0 Å². The van der Waals surface area contributed by atoms with Gasteiger partial charge >= 0.3 is 12.2 Å². The molecule has 0 saturated heterocycles. The number of nitrogens with two attached hydrogens (primary N) is 1. The van der Waals surface area contributed by atoms with E-state index in [9.17, 15) is 13.2 Å². The molecule has 16 heavy (non-hydrogen) atoms. The predicted octanol–water partition coefficient (Wildman–Crippen LogP) is 3.03. The van der Waals surface area contributed by atoms with Crippen molar-refractivity contribution >= 4 is 11.6 Å². The Morgan fingerprint density at radius 1 is 1.38 bits per heavy atom. The molecule has 0 spiro atoms. The zero-order valence-electron chi connectivity index (χ0n) is 9.14. The zero-order valence-corrected chi connectivity index (χ0v) is 9.14. The number of nitrogen functional groups attached to an aromatic ring is 1. The molecule has 0 aromatic carbocycles. The molecule has 1 heterocycles. The topological polar surface area (TPSA) is 64.9 Å². The lowest BCUT2D eigenvalue weighted by Crippen LogP contribution is -2.06. The molecule has 1 aromatic heterocycles. The second-order valence-corrected chi connectivity index (χ2v) is 2.66. The summed E-state index contributed by atoms with van der Waals surface area (Å²) < 4.78 is 40.1. The molecule has 1 aromatic rings. The van der Waals surface area contributed by atoms with Gasteiger partial charge in [-0.25, -0.2) is 0 Å². The van der Waals surface area contributed by atoms with Crippen LogP contribution in [0.25, 0.3) is 5.57 Å². The van der Waals surface area contributed by atoms with Gasteiger partial charge in [0.2, 0.25) is 5.89 Å². The molecule has 0 aliphatic rings. The molecule has 0 bridgehead atoms. The second kappa shape index (κ2) is 6.14. The lowest BCUT2D eigenvalue weighted by molar-refractivity contribution is -0.133. The van der Waals surface area contributed by atoms with E-state index in [1.807, 2.05) is 13.8 Å².